The Morgan fingerprint density at radius 3 is 2.54 bits per heavy atom. The van der Waals surface area contributed by atoms with Gasteiger partial charge in [-0.2, -0.15) is 0 Å². The first-order valence-electron chi connectivity index (χ1n) is 8.07. The minimum absolute atomic E-state index is 0.0137. The molecule has 1 aromatic carbocycles. The van der Waals surface area contributed by atoms with Crippen LogP contribution in [0, 0.1) is 0 Å². The zero-order valence-corrected chi connectivity index (χ0v) is 15.9. The molecular formula is C17H27N3O3S. The predicted molar refractivity (Wildman–Crippen MR) is 94.2 cm³/mol. The zero-order valence-electron chi connectivity index (χ0n) is 15.1. The molecule has 1 aromatic rings. The normalized spacial score (nSPS) is 15.5. The van der Waals surface area contributed by atoms with Crippen LogP contribution in [-0.2, 0) is 27.8 Å². The Hall–Kier alpha value is -1.44. The largest absolute Gasteiger partial charge is 0.338 e. The number of benzene rings is 1. The van der Waals surface area contributed by atoms with Crippen LogP contribution in [0.1, 0.15) is 31.9 Å². The second-order valence-corrected chi connectivity index (χ2v) is 8.92. The van der Waals surface area contributed by atoms with Crippen LogP contribution in [0.2, 0.25) is 0 Å². The number of fused-ring (bicyclic) bond motifs is 1. The van der Waals surface area contributed by atoms with Gasteiger partial charge >= 0.3 is 0 Å². The Morgan fingerprint density at radius 1 is 1.29 bits per heavy atom. The van der Waals surface area contributed by atoms with E-state index in [1.807, 2.05) is 38.9 Å². The molecule has 1 aliphatic rings. The third-order valence-electron chi connectivity index (χ3n) is 4.85. The van der Waals surface area contributed by atoms with E-state index in [2.05, 4.69) is 4.72 Å². The number of carbonyl (C=O) groups excluding carboxylic acids is 1. The number of carbonyl (C=O) groups is 1. The van der Waals surface area contributed by atoms with Crippen LogP contribution in [0.5, 0.6) is 0 Å². The number of hydrogen-bond donors (Lipinski definition) is 1. The summed E-state index contributed by atoms with van der Waals surface area (Å²) in [5.74, 6) is 0.0137. The summed E-state index contributed by atoms with van der Waals surface area (Å²) < 4.78 is 27.9. The molecule has 0 spiro atoms. The molecule has 24 heavy (non-hydrogen) atoms. The summed E-state index contributed by atoms with van der Waals surface area (Å²) in [4.78, 5) is 15.5. The van der Waals surface area contributed by atoms with Gasteiger partial charge < -0.3 is 9.80 Å². The van der Waals surface area contributed by atoms with Gasteiger partial charge in [0.15, 0.2) is 0 Å². The average molecular weight is 353 g/mol. The van der Waals surface area contributed by atoms with Crippen molar-refractivity contribution in [3.8, 4) is 0 Å². The second kappa shape index (κ2) is 6.82. The van der Waals surface area contributed by atoms with E-state index >= 15 is 0 Å². The summed E-state index contributed by atoms with van der Waals surface area (Å²) in [7, 11) is 0.262. The second-order valence-electron chi connectivity index (χ2n) is 7.15. The van der Waals surface area contributed by atoms with Gasteiger partial charge in [-0.25, -0.2) is 13.1 Å². The minimum Gasteiger partial charge on any atom is -0.338 e. The molecule has 0 atom stereocenters. The molecule has 1 N–H and O–H groups in total. The fourth-order valence-corrected chi connectivity index (χ4v) is 3.74. The van der Waals surface area contributed by atoms with Gasteiger partial charge in [0.1, 0.15) is 0 Å². The highest BCUT2D eigenvalue weighted by Gasteiger charge is 2.25. The van der Waals surface area contributed by atoms with Gasteiger partial charge in [-0.3, -0.25) is 4.79 Å². The highest BCUT2D eigenvalue weighted by atomic mass is 32.2. The Labute approximate surface area is 144 Å². The van der Waals surface area contributed by atoms with Crippen LogP contribution in [0.3, 0.4) is 0 Å². The summed E-state index contributed by atoms with van der Waals surface area (Å²) in [5, 5.41) is 0. The fourth-order valence-electron chi connectivity index (χ4n) is 2.48. The molecule has 0 radical (unpaired) electrons. The summed E-state index contributed by atoms with van der Waals surface area (Å²) in [5.41, 5.74) is 1.73. The highest BCUT2D eigenvalue weighted by Crippen LogP contribution is 2.23. The van der Waals surface area contributed by atoms with E-state index in [-0.39, 0.29) is 16.3 Å². The van der Waals surface area contributed by atoms with Crippen molar-refractivity contribution < 1.29 is 13.2 Å². The van der Waals surface area contributed by atoms with Gasteiger partial charge in [-0.1, -0.05) is 6.07 Å². The number of rotatable bonds is 5. The van der Waals surface area contributed by atoms with Crippen molar-refractivity contribution in [1.29, 1.82) is 0 Å². The number of amides is 1. The van der Waals surface area contributed by atoms with Crippen molar-refractivity contribution in [3.63, 3.8) is 0 Å². The lowest BCUT2D eigenvalue weighted by atomic mass is 10.00. The first kappa shape index (κ1) is 18.9. The first-order chi connectivity index (χ1) is 11.0. The van der Waals surface area contributed by atoms with E-state index in [9.17, 15) is 13.2 Å². The molecule has 1 aliphatic heterocycles. The van der Waals surface area contributed by atoms with E-state index in [0.29, 0.717) is 19.6 Å². The van der Waals surface area contributed by atoms with Crippen molar-refractivity contribution in [2.75, 3.05) is 27.2 Å². The van der Waals surface area contributed by atoms with Crippen molar-refractivity contribution in [2.24, 2.45) is 0 Å². The molecule has 7 heteroatoms. The molecule has 0 fully saturated rings. The molecule has 1 heterocycles. The summed E-state index contributed by atoms with van der Waals surface area (Å²) in [6.07, 6.45) is 0.760. The molecule has 0 aromatic heterocycles. The van der Waals surface area contributed by atoms with Crippen LogP contribution >= 0.6 is 0 Å². The van der Waals surface area contributed by atoms with E-state index in [1.165, 1.54) is 6.92 Å². The van der Waals surface area contributed by atoms with Crippen LogP contribution in [-0.4, -0.2) is 56.8 Å². The number of sulfonamides is 1. The van der Waals surface area contributed by atoms with E-state index in [0.717, 1.165) is 17.5 Å². The Balaban J connectivity index is 2.20. The minimum atomic E-state index is -3.58. The lowest BCUT2D eigenvalue weighted by molar-refractivity contribution is -0.129. The van der Waals surface area contributed by atoms with Gasteiger partial charge in [0.25, 0.3) is 0 Å². The maximum atomic E-state index is 12.6. The number of likely N-dealkylation sites (N-methyl/N-ethyl adjacent to an activating group) is 1. The standard InChI is InChI=1S/C17H27N3O3S/c1-13(21)20-9-8-14-6-7-16(10-15(14)11-20)24(22,23)18-12-17(2,3)19(4)5/h6-7,10,18H,8-9,11-12H2,1-5H3. The summed E-state index contributed by atoms with van der Waals surface area (Å²) in [6.45, 7) is 6.97. The molecule has 0 saturated heterocycles. The molecule has 2 rings (SSSR count). The van der Waals surface area contributed by atoms with Crippen molar-refractivity contribution in [3.05, 3.63) is 29.3 Å². The van der Waals surface area contributed by atoms with Crippen LogP contribution < -0.4 is 4.72 Å². The molecule has 0 saturated carbocycles. The van der Waals surface area contributed by atoms with Gasteiger partial charge in [0, 0.05) is 32.1 Å². The molecular weight excluding hydrogens is 326 g/mol. The van der Waals surface area contributed by atoms with Crippen molar-refractivity contribution in [1.82, 2.24) is 14.5 Å². The van der Waals surface area contributed by atoms with Crippen LogP contribution in [0.25, 0.3) is 0 Å². The third kappa shape index (κ3) is 4.15. The first-order valence-corrected chi connectivity index (χ1v) is 9.56. The maximum Gasteiger partial charge on any atom is 0.240 e. The highest BCUT2D eigenvalue weighted by molar-refractivity contribution is 7.89. The Bertz CT molecular complexity index is 727. The van der Waals surface area contributed by atoms with E-state index < -0.39 is 10.0 Å². The molecule has 1 amide bonds. The molecule has 134 valence electrons. The lowest BCUT2D eigenvalue weighted by Gasteiger charge is -2.32. The van der Waals surface area contributed by atoms with Crippen molar-refractivity contribution in [2.45, 2.75) is 44.2 Å². The summed E-state index contributed by atoms with van der Waals surface area (Å²) >= 11 is 0. The Kier molecular flexibility index (Phi) is 5.37. The third-order valence-corrected chi connectivity index (χ3v) is 6.25. The van der Waals surface area contributed by atoms with E-state index in [4.69, 9.17) is 0 Å². The van der Waals surface area contributed by atoms with E-state index in [1.54, 1.807) is 17.0 Å². The smallest absolute Gasteiger partial charge is 0.240 e. The van der Waals surface area contributed by atoms with Crippen LogP contribution in [0.15, 0.2) is 23.1 Å². The number of nitrogens with one attached hydrogen (secondary N) is 1. The molecule has 0 aliphatic carbocycles. The average Bonchev–Trinajstić information content (AvgIpc) is 2.52. The molecule has 0 unspecified atom stereocenters. The number of nitrogens with zero attached hydrogens (tertiary/aromatic N) is 2. The quantitative estimate of drug-likeness (QED) is 0.864. The maximum absolute atomic E-state index is 12.6. The van der Waals surface area contributed by atoms with Gasteiger partial charge in [-0.15, -0.1) is 0 Å². The number of hydrogen-bond acceptors (Lipinski definition) is 4. The predicted octanol–water partition coefficient (Wildman–Crippen LogP) is 1.21. The monoisotopic (exact) mass is 353 g/mol. The van der Waals surface area contributed by atoms with Gasteiger partial charge in [0.2, 0.25) is 15.9 Å². The van der Waals surface area contributed by atoms with Crippen LogP contribution in [0.4, 0.5) is 0 Å². The van der Waals surface area contributed by atoms with Gasteiger partial charge in [-0.05, 0) is 57.6 Å². The lowest BCUT2D eigenvalue weighted by Crippen LogP contribution is -2.48. The Morgan fingerprint density at radius 2 is 1.96 bits per heavy atom. The fraction of sp³-hybridized carbons (Fsp3) is 0.588. The molecule has 6 nitrogen and oxygen atoms in total. The van der Waals surface area contributed by atoms with Crippen molar-refractivity contribution >= 4 is 15.9 Å². The topological polar surface area (TPSA) is 69.7 Å². The summed E-state index contributed by atoms with van der Waals surface area (Å²) in [6, 6.07) is 5.20. The van der Waals surface area contributed by atoms with Gasteiger partial charge in [0.05, 0.1) is 4.90 Å². The molecule has 0 bridgehead atoms. The SMILES string of the molecule is CC(=O)N1CCc2ccc(S(=O)(=O)NCC(C)(C)N(C)C)cc2C1. The zero-order chi connectivity index (χ0) is 18.1.